The van der Waals surface area contributed by atoms with Gasteiger partial charge >= 0.3 is 0 Å². The summed E-state index contributed by atoms with van der Waals surface area (Å²) in [5.41, 5.74) is 0. The van der Waals surface area contributed by atoms with Crippen LogP contribution in [0.5, 0.6) is 0 Å². The van der Waals surface area contributed by atoms with Crippen molar-refractivity contribution < 1.29 is 0 Å². The van der Waals surface area contributed by atoms with Crippen LogP contribution in [-0.2, 0) is 0 Å². The summed E-state index contributed by atoms with van der Waals surface area (Å²) < 4.78 is -0.389. The Hall–Kier alpha value is 0.540. The average molecular weight is 134 g/mol. The van der Waals surface area contributed by atoms with Gasteiger partial charge in [-0.25, -0.2) is 0 Å². The summed E-state index contributed by atoms with van der Waals surface area (Å²) >= 11 is 9.25. The van der Waals surface area contributed by atoms with Crippen LogP contribution in [0.2, 0.25) is 0 Å². The van der Waals surface area contributed by atoms with E-state index in [2.05, 4.69) is 23.2 Å². The lowest BCUT2D eigenvalue weighted by molar-refractivity contribution is 1.59. The molecule has 0 amide bonds. The second-order valence-corrected chi connectivity index (χ2v) is 1.21. The van der Waals surface area contributed by atoms with Crippen molar-refractivity contribution in [1.82, 2.24) is 0 Å². The van der Waals surface area contributed by atoms with Gasteiger partial charge in [0.2, 0.25) is 0 Å². The molecule has 0 unspecified atom stereocenters. The Morgan fingerprint density at radius 1 is 1.40 bits per heavy atom. The molecule has 0 fully saturated rings. The van der Waals surface area contributed by atoms with Crippen molar-refractivity contribution in [2.75, 3.05) is 0 Å². The maximum absolute atomic E-state index is 6.03. The molecule has 0 aromatic carbocycles. The van der Waals surface area contributed by atoms with E-state index in [1.807, 2.05) is 0 Å². The van der Waals surface area contributed by atoms with Crippen LogP contribution >= 0.6 is 35.6 Å². The van der Waals surface area contributed by atoms with Crippen molar-refractivity contribution in [3.63, 3.8) is 0 Å². The fourth-order valence-corrected chi connectivity index (χ4v) is 0. The molecule has 0 saturated heterocycles. The molecular weight excluding hydrogens is 132 g/mol. The molecule has 0 bridgehead atoms. The topological polar surface area (TPSA) is 23.9 Å². The molecule has 0 heterocycles. The van der Waals surface area contributed by atoms with Gasteiger partial charge in [0.05, 0.1) is 0 Å². The molecule has 0 radical (unpaired) electrons. The van der Waals surface area contributed by atoms with Crippen LogP contribution in [0.4, 0.5) is 0 Å². The Morgan fingerprint density at radius 3 is 1.40 bits per heavy atom. The number of hydrogen-bond donors (Lipinski definition) is 1. The molecule has 0 rings (SSSR count). The highest BCUT2D eigenvalue weighted by Crippen LogP contribution is 1.81. The van der Waals surface area contributed by atoms with Gasteiger partial charge in [-0.1, -0.05) is 0 Å². The zero-order chi connectivity index (χ0) is 3.58. The average Bonchev–Trinajstić information content (AvgIpc) is 0.811. The van der Waals surface area contributed by atoms with Crippen LogP contribution < -0.4 is 0 Å². The lowest BCUT2D eigenvalue weighted by atomic mass is 11.7. The lowest BCUT2D eigenvalue weighted by Crippen LogP contribution is -1.50. The molecule has 0 aliphatic rings. The van der Waals surface area contributed by atoms with Gasteiger partial charge in [0.15, 0.2) is 4.63 Å². The second kappa shape index (κ2) is 4.54. The molecule has 1 nitrogen and oxygen atoms in total. The number of halogens is 3. The van der Waals surface area contributed by atoms with E-state index in [9.17, 15) is 0 Å². The maximum Gasteiger partial charge on any atom is 0.189 e. The van der Waals surface area contributed by atoms with Crippen LogP contribution in [-0.4, -0.2) is 4.63 Å². The zero-order valence-corrected chi connectivity index (χ0v) is 4.49. The van der Waals surface area contributed by atoms with Crippen LogP contribution in [0.15, 0.2) is 0 Å². The van der Waals surface area contributed by atoms with Gasteiger partial charge in [0.25, 0.3) is 0 Å². The lowest BCUT2D eigenvalue weighted by Gasteiger charge is -1.54. The van der Waals surface area contributed by atoms with Gasteiger partial charge in [0.1, 0.15) is 0 Å². The minimum Gasteiger partial charge on any atom is -0.279 e. The van der Waals surface area contributed by atoms with E-state index in [0.717, 1.165) is 0 Å². The second-order valence-electron chi connectivity index (χ2n) is 0.260. The standard InChI is InChI=1S/CHCl2N.ClH/c2-1(3)4;/h4H;1H. The SMILES string of the molecule is Cl.N=C(Cl)Cl. The summed E-state index contributed by atoms with van der Waals surface area (Å²) in [4.78, 5) is 0. The third-order valence-electron chi connectivity index (χ3n) is 0. The molecule has 0 spiro atoms. The van der Waals surface area contributed by atoms with Crippen molar-refractivity contribution >= 4 is 40.2 Å². The van der Waals surface area contributed by atoms with Gasteiger partial charge < -0.3 is 0 Å². The zero-order valence-electron chi connectivity index (χ0n) is 2.16. The van der Waals surface area contributed by atoms with Gasteiger partial charge in [-0.3, -0.25) is 5.41 Å². The summed E-state index contributed by atoms with van der Waals surface area (Å²) in [5, 5.41) is 6.03. The molecule has 32 valence electrons. The summed E-state index contributed by atoms with van der Waals surface area (Å²) in [6.07, 6.45) is 0. The number of rotatable bonds is 0. The molecule has 0 atom stereocenters. The highest BCUT2D eigenvalue weighted by Gasteiger charge is 1.64. The first kappa shape index (κ1) is 9.11. The van der Waals surface area contributed by atoms with Crippen LogP contribution in [0.1, 0.15) is 0 Å². The van der Waals surface area contributed by atoms with Gasteiger partial charge in [-0.15, -0.1) is 12.4 Å². The third-order valence-corrected chi connectivity index (χ3v) is 0. The van der Waals surface area contributed by atoms with E-state index in [-0.39, 0.29) is 17.0 Å². The van der Waals surface area contributed by atoms with E-state index in [0.29, 0.717) is 0 Å². The Balaban J connectivity index is 0. The van der Waals surface area contributed by atoms with E-state index >= 15 is 0 Å². The van der Waals surface area contributed by atoms with Gasteiger partial charge in [-0.2, -0.15) is 0 Å². The number of nitrogens with one attached hydrogen (secondary N) is 1. The molecular formula is CH2Cl3N. The van der Waals surface area contributed by atoms with E-state index in [4.69, 9.17) is 5.41 Å². The van der Waals surface area contributed by atoms with Crippen molar-refractivity contribution in [2.24, 2.45) is 0 Å². The Morgan fingerprint density at radius 2 is 1.40 bits per heavy atom. The predicted molar refractivity (Wildman–Crippen MR) is 26.7 cm³/mol. The minimum atomic E-state index is -0.389. The number of hydrogen-bond acceptors (Lipinski definition) is 1. The molecule has 1 N–H and O–H groups in total. The van der Waals surface area contributed by atoms with E-state index < -0.39 is 0 Å². The Bertz CT molecular complexity index is 29.9. The van der Waals surface area contributed by atoms with Gasteiger partial charge in [-0.05, 0) is 23.2 Å². The normalized spacial score (nSPS) is 5.20. The quantitative estimate of drug-likeness (QED) is 0.489. The van der Waals surface area contributed by atoms with Crippen molar-refractivity contribution in [1.29, 1.82) is 5.41 Å². The Kier molecular flexibility index (Phi) is 8.27. The highest BCUT2D eigenvalue weighted by molar-refractivity contribution is 6.94. The smallest absolute Gasteiger partial charge is 0.189 e. The Labute approximate surface area is 46.2 Å². The van der Waals surface area contributed by atoms with Crippen LogP contribution in [0.3, 0.4) is 0 Å². The maximum atomic E-state index is 6.03. The van der Waals surface area contributed by atoms with Crippen molar-refractivity contribution in [2.45, 2.75) is 0 Å². The predicted octanol–water partition coefficient (Wildman–Crippen LogP) is 1.82. The summed E-state index contributed by atoms with van der Waals surface area (Å²) in [7, 11) is 0. The largest absolute Gasteiger partial charge is 0.279 e. The fourth-order valence-electron chi connectivity index (χ4n) is 0. The van der Waals surface area contributed by atoms with Crippen molar-refractivity contribution in [3.05, 3.63) is 0 Å². The summed E-state index contributed by atoms with van der Waals surface area (Å²) in [6, 6.07) is 0. The molecule has 5 heavy (non-hydrogen) atoms. The van der Waals surface area contributed by atoms with E-state index in [1.54, 1.807) is 0 Å². The molecule has 4 heteroatoms. The molecule has 0 aromatic rings. The van der Waals surface area contributed by atoms with Gasteiger partial charge in [0, 0.05) is 0 Å². The minimum absolute atomic E-state index is 0. The van der Waals surface area contributed by atoms with Crippen molar-refractivity contribution in [3.8, 4) is 0 Å². The first-order valence-electron chi connectivity index (χ1n) is 0.628. The third kappa shape index (κ3) is 100. The molecule has 0 aliphatic heterocycles. The molecule has 0 aromatic heterocycles. The fraction of sp³-hybridized carbons (Fsp3) is 0. The van der Waals surface area contributed by atoms with Crippen LogP contribution in [0.25, 0.3) is 0 Å². The van der Waals surface area contributed by atoms with Crippen LogP contribution in [0, 0.1) is 5.41 Å². The summed E-state index contributed by atoms with van der Waals surface area (Å²) in [6.45, 7) is 0. The first-order chi connectivity index (χ1) is 1.73. The summed E-state index contributed by atoms with van der Waals surface area (Å²) in [5.74, 6) is 0. The molecule has 0 aliphatic carbocycles. The monoisotopic (exact) mass is 133 g/mol. The molecule has 0 saturated carbocycles. The first-order valence-corrected chi connectivity index (χ1v) is 1.38. The van der Waals surface area contributed by atoms with E-state index in [1.165, 1.54) is 0 Å². The highest BCUT2D eigenvalue weighted by atomic mass is 35.5.